The van der Waals surface area contributed by atoms with E-state index in [1.165, 1.54) is 141 Å². The van der Waals surface area contributed by atoms with Gasteiger partial charge in [-0.15, -0.1) is 0 Å². The molecule has 0 aromatic heterocycles. The average molecular weight is 751 g/mol. The Morgan fingerprint density at radius 3 is 0.925 bits per heavy atom. The Morgan fingerprint density at radius 1 is 0.358 bits per heavy atom. The van der Waals surface area contributed by atoms with E-state index in [1.807, 2.05) is 0 Å². The molecule has 314 valence electrons. The predicted molar refractivity (Wildman–Crippen MR) is 224 cm³/mol. The van der Waals surface area contributed by atoms with Gasteiger partial charge in [-0.3, -0.25) is 14.4 Å². The van der Waals surface area contributed by atoms with Crippen LogP contribution in [0.1, 0.15) is 253 Å². The Morgan fingerprint density at radius 2 is 0.623 bits per heavy atom. The number of hydrogen-bond acceptors (Lipinski definition) is 6. The normalized spacial score (nSPS) is 12.1. The summed E-state index contributed by atoms with van der Waals surface area (Å²) in [5.74, 6) is 0.757. The second-order valence-corrected chi connectivity index (χ2v) is 17.0. The van der Waals surface area contributed by atoms with Crippen LogP contribution in [0.5, 0.6) is 0 Å². The maximum atomic E-state index is 12.7. The molecular formula is C47H90O6. The molecule has 6 nitrogen and oxygen atoms in total. The number of carbonyl (C=O) groups excluding carboxylic acids is 3. The summed E-state index contributed by atoms with van der Waals surface area (Å²) < 4.78 is 16.7. The molecule has 0 aliphatic carbocycles. The quantitative estimate of drug-likeness (QED) is 0.0352. The van der Waals surface area contributed by atoms with E-state index in [9.17, 15) is 14.4 Å². The SMILES string of the molecule is CCCCCCCCCCCCCC(=O)O[C@@H](COC(=O)CCCCCCCCCCCCC(C)C)COC(=O)CCCCCCCCCCC(C)C. The fourth-order valence-electron chi connectivity index (χ4n) is 6.93. The second kappa shape index (κ2) is 40.1. The predicted octanol–water partition coefficient (Wildman–Crippen LogP) is 14.6. The molecule has 0 amide bonds. The molecule has 0 aliphatic rings. The van der Waals surface area contributed by atoms with Crippen molar-refractivity contribution in [3.8, 4) is 0 Å². The Kier molecular flexibility index (Phi) is 38.9. The first kappa shape index (κ1) is 51.4. The van der Waals surface area contributed by atoms with Gasteiger partial charge in [-0.1, -0.05) is 214 Å². The van der Waals surface area contributed by atoms with Crippen LogP contribution in [0, 0.1) is 11.8 Å². The molecule has 0 saturated heterocycles. The zero-order valence-electron chi connectivity index (χ0n) is 36.1. The Hall–Kier alpha value is -1.59. The fourth-order valence-corrected chi connectivity index (χ4v) is 6.93. The first-order valence-corrected chi connectivity index (χ1v) is 23.2. The van der Waals surface area contributed by atoms with E-state index in [-0.39, 0.29) is 31.1 Å². The summed E-state index contributed by atoms with van der Waals surface area (Å²) >= 11 is 0. The number of unbranched alkanes of at least 4 members (excludes halogenated alkanes) is 26. The lowest BCUT2D eigenvalue weighted by molar-refractivity contribution is -0.167. The topological polar surface area (TPSA) is 78.9 Å². The maximum Gasteiger partial charge on any atom is 0.306 e. The van der Waals surface area contributed by atoms with Gasteiger partial charge in [0.2, 0.25) is 0 Å². The number of hydrogen-bond donors (Lipinski definition) is 0. The summed E-state index contributed by atoms with van der Waals surface area (Å²) in [5, 5.41) is 0. The van der Waals surface area contributed by atoms with Gasteiger partial charge in [0.15, 0.2) is 6.10 Å². The van der Waals surface area contributed by atoms with Crippen molar-refractivity contribution in [3.05, 3.63) is 0 Å². The third-order valence-electron chi connectivity index (χ3n) is 10.5. The lowest BCUT2D eigenvalue weighted by atomic mass is 10.0. The van der Waals surface area contributed by atoms with Gasteiger partial charge >= 0.3 is 17.9 Å². The fraction of sp³-hybridized carbons (Fsp3) is 0.936. The molecular weight excluding hydrogens is 661 g/mol. The maximum absolute atomic E-state index is 12.7. The van der Waals surface area contributed by atoms with Crippen LogP contribution in [0.25, 0.3) is 0 Å². The standard InChI is InChI=1S/C47H90O6/c1-6-7-8-9-10-11-12-17-24-29-34-39-47(50)53-44(41-52-46(49)38-33-28-23-19-18-21-26-31-36-43(4)5)40-51-45(48)37-32-27-22-16-14-13-15-20-25-30-35-42(2)3/h42-44H,6-41H2,1-5H3/t44-/m0/s1. The third kappa shape index (κ3) is 41.4. The first-order chi connectivity index (χ1) is 25.7. The molecule has 0 spiro atoms. The third-order valence-corrected chi connectivity index (χ3v) is 10.5. The molecule has 0 aromatic carbocycles. The molecule has 0 fully saturated rings. The summed E-state index contributed by atoms with van der Waals surface area (Å²) in [4.78, 5) is 37.7. The molecule has 0 unspecified atom stereocenters. The molecule has 1 atom stereocenters. The van der Waals surface area contributed by atoms with Crippen LogP contribution in [0.2, 0.25) is 0 Å². The summed E-state index contributed by atoms with van der Waals surface area (Å²) in [6, 6.07) is 0. The Bertz CT molecular complexity index is 809. The van der Waals surface area contributed by atoms with Gasteiger partial charge in [0, 0.05) is 19.3 Å². The van der Waals surface area contributed by atoms with Crippen molar-refractivity contribution in [1.82, 2.24) is 0 Å². The van der Waals surface area contributed by atoms with Gasteiger partial charge in [-0.25, -0.2) is 0 Å². The van der Waals surface area contributed by atoms with Crippen LogP contribution >= 0.6 is 0 Å². The molecule has 53 heavy (non-hydrogen) atoms. The molecule has 0 N–H and O–H groups in total. The van der Waals surface area contributed by atoms with E-state index in [0.717, 1.165) is 69.6 Å². The molecule has 0 aromatic rings. The molecule has 0 bridgehead atoms. The highest BCUT2D eigenvalue weighted by atomic mass is 16.6. The van der Waals surface area contributed by atoms with Crippen LogP contribution in [-0.4, -0.2) is 37.2 Å². The summed E-state index contributed by atoms with van der Waals surface area (Å²) in [6.45, 7) is 11.3. The van der Waals surface area contributed by atoms with Gasteiger partial charge in [0.25, 0.3) is 0 Å². The van der Waals surface area contributed by atoms with Gasteiger partial charge in [0.1, 0.15) is 13.2 Å². The van der Waals surface area contributed by atoms with Crippen molar-refractivity contribution < 1.29 is 28.6 Å². The van der Waals surface area contributed by atoms with Crippen molar-refractivity contribution in [2.75, 3.05) is 13.2 Å². The van der Waals surface area contributed by atoms with Crippen molar-refractivity contribution in [3.63, 3.8) is 0 Å². The van der Waals surface area contributed by atoms with E-state index < -0.39 is 6.10 Å². The minimum Gasteiger partial charge on any atom is -0.462 e. The smallest absolute Gasteiger partial charge is 0.306 e. The number of ether oxygens (including phenoxy) is 3. The molecule has 0 saturated carbocycles. The Labute approximate surface area is 329 Å². The van der Waals surface area contributed by atoms with Crippen LogP contribution in [0.3, 0.4) is 0 Å². The van der Waals surface area contributed by atoms with E-state index in [1.54, 1.807) is 0 Å². The van der Waals surface area contributed by atoms with Gasteiger partial charge in [0.05, 0.1) is 0 Å². The van der Waals surface area contributed by atoms with E-state index >= 15 is 0 Å². The number of esters is 3. The van der Waals surface area contributed by atoms with Gasteiger partial charge in [-0.05, 0) is 31.1 Å². The largest absolute Gasteiger partial charge is 0.462 e. The summed E-state index contributed by atoms with van der Waals surface area (Å²) in [5.41, 5.74) is 0. The molecule has 0 aliphatic heterocycles. The highest BCUT2D eigenvalue weighted by Crippen LogP contribution is 2.16. The van der Waals surface area contributed by atoms with Crippen LogP contribution in [0.4, 0.5) is 0 Å². The number of rotatable bonds is 41. The molecule has 0 heterocycles. The van der Waals surface area contributed by atoms with Crippen LogP contribution < -0.4 is 0 Å². The van der Waals surface area contributed by atoms with Crippen molar-refractivity contribution in [2.45, 2.75) is 259 Å². The second-order valence-electron chi connectivity index (χ2n) is 17.0. The van der Waals surface area contributed by atoms with E-state index in [4.69, 9.17) is 14.2 Å². The average Bonchev–Trinajstić information content (AvgIpc) is 3.12. The monoisotopic (exact) mass is 751 g/mol. The minimum atomic E-state index is -0.760. The van der Waals surface area contributed by atoms with Crippen molar-refractivity contribution in [2.24, 2.45) is 11.8 Å². The van der Waals surface area contributed by atoms with Crippen molar-refractivity contribution in [1.29, 1.82) is 0 Å². The lowest BCUT2D eigenvalue weighted by Crippen LogP contribution is -2.30. The van der Waals surface area contributed by atoms with E-state index in [2.05, 4.69) is 34.6 Å². The number of carbonyl (C=O) groups is 3. The Balaban J connectivity index is 4.33. The minimum absolute atomic E-state index is 0.0650. The first-order valence-electron chi connectivity index (χ1n) is 23.2. The molecule has 6 heteroatoms. The zero-order valence-corrected chi connectivity index (χ0v) is 36.1. The zero-order chi connectivity index (χ0) is 39.0. The van der Waals surface area contributed by atoms with Gasteiger partial charge < -0.3 is 14.2 Å². The van der Waals surface area contributed by atoms with Gasteiger partial charge in [-0.2, -0.15) is 0 Å². The highest BCUT2D eigenvalue weighted by Gasteiger charge is 2.19. The summed E-state index contributed by atoms with van der Waals surface area (Å²) in [6.07, 6.45) is 38.0. The highest BCUT2D eigenvalue weighted by molar-refractivity contribution is 5.71. The van der Waals surface area contributed by atoms with Crippen molar-refractivity contribution >= 4 is 17.9 Å². The van der Waals surface area contributed by atoms with Crippen LogP contribution in [-0.2, 0) is 28.6 Å². The molecule has 0 radical (unpaired) electrons. The van der Waals surface area contributed by atoms with E-state index in [0.29, 0.717) is 19.3 Å². The summed E-state index contributed by atoms with van der Waals surface area (Å²) in [7, 11) is 0. The van der Waals surface area contributed by atoms with Crippen LogP contribution in [0.15, 0.2) is 0 Å². The lowest BCUT2D eigenvalue weighted by Gasteiger charge is -2.18. The molecule has 0 rings (SSSR count).